The number of carbonyl (C=O) groups excluding carboxylic acids is 1. The van der Waals surface area contributed by atoms with Gasteiger partial charge in [0.15, 0.2) is 5.13 Å². The van der Waals surface area contributed by atoms with Gasteiger partial charge in [-0.05, 0) is 25.0 Å². The minimum Gasteiger partial charge on any atom is -0.337 e. The highest BCUT2D eigenvalue weighted by Crippen LogP contribution is 2.22. The Balaban J connectivity index is 1.71. The minimum atomic E-state index is 0.0508. The van der Waals surface area contributed by atoms with E-state index in [0.29, 0.717) is 5.69 Å². The highest BCUT2D eigenvalue weighted by Gasteiger charge is 2.21. The second kappa shape index (κ2) is 5.40. The van der Waals surface area contributed by atoms with Crippen molar-refractivity contribution in [2.75, 3.05) is 18.4 Å². The van der Waals surface area contributed by atoms with Gasteiger partial charge in [0.25, 0.3) is 5.91 Å². The zero-order valence-electron chi connectivity index (χ0n) is 10.5. The lowest BCUT2D eigenvalue weighted by Gasteiger charge is -2.12. The van der Waals surface area contributed by atoms with Crippen LogP contribution < -0.4 is 5.32 Å². The van der Waals surface area contributed by atoms with Crippen LogP contribution in [0.5, 0.6) is 0 Å². The molecule has 5 heteroatoms. The molecule has 1 amide bonds. The molecule has 0 saturated carbocycles. The van der Waals surface area contributed by atoms with E-state index in [1.807, 2.05) is 40.6 Å². The number of hydrogen-bond donors (Lipinski definition) is 1. The summed E-state index contributed by atoms with van der Waals surface area (Å²) in [6.45, 7) is 1.72. The molecule has 0 unspecified atom stereocenters. The van der Waals surface area contributed by atoms with Crippen LogP contribution in [0.3, 0.4) is 0 Å². The molecular formula is C14H15N3OS. The summed E-state index contributed by atoms with van der Waals surface area (Å²) in [7, 11) is 0. The zero-order chi connectivity index (χ0) is 13.1. The summed E-state index contributed by atoms with van der Waals surface area (Å²) >= 11 is 1.46. The van der Waals surface area contributed by atoms with Gasteiger partial charge in [-0.2, -0.15) is 0 Å². The molecule has 1 aromatic heterocycles. The Hall–Kier alpha value is -1.88. The highest BCUT2D eigenvalue weighted by atomic mass is 32.1. The standard InChI is InChI=1S/C14H15N3OS/c18-13(17-8-4-5-9-17)12-10-19-14(16-12)15-11-6-2-1-3-7-11/h1-3,6-7,10H,4-5,8-9H2,(H,15,16). The molecule has 2 aromatic rings. The smallest absolute Gasteiger partial charge is 0.273 e. The summed E-state index contributed by atoms with van der Waals surface area (Å²) in [6, 6.07) is 9.85. The molecule has 1 fully saturated rings. The van der Waals surface area contributed by atoms with Crippen LogP contribution in [0.25, 0.3) is 0 Å². The number of thiazole rings is 1. The predicted octanol–water partition coefficient (Wildman–Crippen LogP) is 3.12. The Morgan fingerprint density at radius 3 is 2.68 bits per heavy atom. The minimum absolute atomic E-state index is 0.0508. The molecular weight excluding hydrogens is 258 g/mol. The summed E-state index contributed by atoms with van der Waals surface area (Å²) in [5.41, 5.74) is 1.53. The Morgan fingerprint density at radius 1 is 1.21 bits per heavy atom. The van der Waals surface area contributed by atoms with E-state index in [1.165, 1.54) is 11.3 Å². The van der Waals surface area contributed by atoms with Crippen LogP contribution >= 0.6 is 11.3 Å². The first-order valence-electron chi connectivity index (χ1n) is 6.40. The van der Waals surface area contributed by atoms with Gasteiger partial charge >= 0.3 is 0 Å². The number of aromatic nitrogens is 1. The van der Waals surface area contributed by atoms with Gasteiger partial charge in [-0.15, -0.1) is 11.3 Å². The molecule has 1 N–H and O–H groups in total. The average Bonchev–Trinajstić information content (AvgIpc) is 3.10. The molecule has 1 aliphatic heterocycles. The Morgan fingerprint density at radius 2 is 1.95 bits per heavy atom. The fourth-order valence-electron chi connectivity index (χ4n) is 2.16. The highest BCUT2D eigenvalue weighted by molar-refractivity contribution is 7.14. The van der Waals surface area contributed by atoms with E-state index >= 15 is 0 Å². The van der Waals surface area contributed by atoms with Crippen molar-refractivity contribution < 1.29 is 4.79 Å². The van der Waals surface area contributed by atoms with Crippen molar-refractivity contribution in [1.82, 2.24) is 9.88 Å². The number of likely N-dealkylation sites (tertiary alicyclic amines) is 1. The van der Waals surface area contributed by atoms with Gasteiger partial charge in [-0.25, -0.2) is 4.98 Å². The van der Waals surface area contributed by atoms with Gasteiger partial charge in [-0.1, -0.05) is 18.2 Å². The van der Waals surface area contributed by atoms with Gasteiger partial charge < -0.3 is 10.2 Å². The van der Waals surface area contributed by atoms with Gasteiger partial charge in [0.1, 0.15) is 5.69 Å². The summed E-state index contributed by atoms with van der Waals surface area (Å²) in [6.07, 6.45) is 2.20. The molecule has 0 radical (unpaired) electrons. The fourth-order valence-corrected chi connectivity index (χ4v) is 2.86. The average molecular weight is 273 g/mol. The third-order valence-corrected chi connectivity index (χ3v) is 3.90. The van der Waals surface area contributed by atoms with E-state index in [0.717, 1.165) is 36.8 Å². The lowest BCUT2D eigenvalue weighted by molar-refractivity contribution is 0.0788. The second-order valence-corrected chi connectivity index (χ2v) is 5.39. The lowest BCUT2D eigenvalue weighted by Crippen LogP contribution is -2.27. The first kappa shape index (κ1) is 12.2. The Bertz CT molecular complexity index is 561. The lowest BCUT2D eigenvalue weighted by atomic mass is 10.3. The third-order valence-electron chi connectivity index (χ3n) is 3.14. The van der Waals surface area contributed by atoms with E-state index in [2.05, 4.69) is 10.3 Å². The maximum atomic E-state index is 12.2. The van der Waals surface area contributed by atoms with Crippen molar-refractivity contribution in [3.8, 4) is 0 Å². The first-order chi connectivity index (χ1) is 9.33. The number of amides is 1. The second-order valence-electron chi connectivity index (χ2n) is 4.53. The first-order valence-corrected chi connectivity index (χ1v) is 7.28. The van der Waals surface area contributed by atoms with Gasteiger partial charge in [0.2, 0.25) is 0 Å². The van der Waals surface area contributed by atoms with Gasteiger partial charge in [-0.3, -0.25) is 4.79 Å². The number of nitrogens with one attached hydrogen (secondary N) is 1. The third kappa shape index (κ3) is 2.76. The normalized spacial score (nSPS) is 14.6. The molecule has 1 aromatic carbocycles. The molecule has 1 aliphatic rings. The van der Waals surface area contributed by atoms with E-state index in [9.17, 15) is 4.79 Å². The van der Waals surface area contributed by atoms with Crippen LogP contribution in [0.15, 0.2) is 35.7 Å². The molecule has 0 spiro atoms. The molecule has 0 aliphatic carbocycles. The molecule has 0 bridgehead atoms. The SMILES string of the molecule is O=C(c1csc(Nc2ccccc2)n1)N1CCCC1. The summed E-state index contributed by atoms with van der Waals surface area (Å²) < 4.78 is 0. The summed E-state index contributed by atoms with van der Waals surface area (Å²) in [5, 5.41) is 5.79. The van der Waals surface area contributed by atoms with Crippen LogP contribution in [0.1, 0.15) is 23.3 Å². The molecule has 98 valence electrons. The van der Waals surface area contributed by atoms with Gasteiger partial charge in [0, 0.05) is 24.2 Å². The van der Waals surface area contributed by atoms with Crippen molar-refractivity contribution in [3.63, 3.8) is 0 Å². The van der Waals surface area contributed by atoms with E-state index in [-0.39, 0.29) is 5.91 Å². The molecule has 19 heavy (non-hydrogen) atoms. The molecule has 0 atom stereocenters. The van der Waals surface area contributed by atoms with Gasteiger partial charge in [0.05, 0.1) is 0 Å². The van der Waals surface area contributed by atoms with E-state index in [1.54, 1.807) is 0 Å². The van der Waals surface area contributed by atoms with Crippen LogP contribution in [0.4, 0.5) is 10.8 Å². The quantitative estimate of drug-likeness (QED) is 0.934. The van der Waals surface area contributed by atoms with Crippen molar-refractivity contribution in [2.45, 2.75) is 12.8 Å². The molecule has 3 rings (SSSR count). The predicted molar refractivity (Wildman–Crippen MR) is 77.0 cm³/mol. The molecule has 2 heterocycles. The topological polar surface area (TPSA) is 45.2 Å². The number of rotatable bonds is 3. The number of hydrogen-bond acceptors (Lipinski definition) is 4. The van der Waals surface area contributed by atoms with E-state index in [4.69, 9.17) is 0 Å². The van der Waals surface area contributed by atoms with Crippen molar-refractivity contribution >= 4 is 28.1 Å². The molecule has 4 nitrogen and oxygen atoms in total. The number of carbonyl (C=O) groups is 1. The summed E-state index contributed by atoms with van der Waals surface area (Å²) in [4.78, 5) is 18.4. The fraction of sp³-hybridized carbons (Fsp3) is 0.286. The maximum absolute atomic E-state index is 12.2. The van der Waals surface area contributed by atoms with Crippen molar-refractivity contribution in [1.29, 1.82) is 0 Å². The number of nitrogens with zero attached hydrogens (tertiary/aromatic N) is 2. The number of benzene rings is 1. The van der Waals surface area contributed by atoms with Crippen LogP contribution in [-0.2, 0) is 0 Å². The van der Waals surface area contributed by atoms with E-state index < -0.39 is 0 Å². The maximum Gasteiger partial charge on any atom is 0.273 e. The summed E-state index contributed by atoms with van der Waals surface area (Å²) in [5.74, 6) is 0.0508. The zero-order valence-corrected chi connectivity index (χ0v) is 11.3. The Labute approximate surface area is 116 Å². The van der Waals surface area contributed by atoms with Crippen LogP contribution in [0.2, 0.25) is 0 Å². The van der Waals surface area contributed by atoms with Crippen LogP contribution in [-0.4, -0.2) is 28.9 Å². The Kier molecular flexibility index (Phi) is 3.46. The largest absolute Gasteiger partial charge is 0.337 e. The van der Waals surface area contributed by atoms with Crippen molar-refractivity contribution in [2.24, 2.45) is 0 Å². The number of para-hydroxylation sites is 1. The number of anilines is 2. The van der Waals surface area contributed by atoms with Crippen molar-refractivity contribution in [3.05, 3.63) is 41.4 Å². The van der Waals surface area contributed by atoms with Crippen LogP contribution in [0, 0.1) is 0 Å². The molecule has 1 saturated heterocycles. The monoisotopic (exact) mass is 273 g/mol.